The van der Waals surface area contributed by atoms with Crippen LogP contribution in [0.3, 0.4) is 0 Å². The SMILES string of the molecule is CC1c2cccc3c4ccccc4n4c5c(nc4c23)C1CCO5.CCCCC.CSF. The highest BCUT2D eigenvalue weighted by Crippen LogP contribution is 2.49. The number of para-hydroxylation sites is 1. The van der Waals surface area contributed by atoms with Gasteiger partial charge in [-0.25, -0.2) is 4.98 Å². The number of halogens is 1. The minimum Gasteiger partial charge on any atom is -0.477 e. The van der Waals surface area contributed by atoms with Crippen molar-refractivity contribution in [2.24, 2.45) is 0 Å². The predicted octanol–water partition coefficient (Wildman–Crippen LogP) is 8.05. The lowest BCUT2D eigenvalue weighted by molar-refractivity contribution is 0.245. The number of hydrogen-bond donors (Lipinski definition) is 0. The van der Waals surface area contributed by atoms with Gasteiger partial charge in [0.25, 0.3) is 0 Å². The summed E-state index contributed by atoms with van der Waals surface area (Å²) in [6.07, 6.45) is 6.50. The summed E-state index contributed by atoms with van der Waals surface area (Å²) in [5.74, 6) is 1.91. The normalized spacial score (nSPS) is 18.4. The van der Waals surface area contributed by atoms with E-state index in [1.165, 1.54) is 52.8 Å². The molecule has 5 heteroatoms. The minimum atomic E-state index is 0.250. The van der Waals surface area contributed by atoms with Crippen LogP contribution in [0, 0.1) is 0 Å². The summed E-state index contributed by atoms with van der Waals surface area (Å²) < 4.78 is 18.5. The van der Waals surface area contributed by atoms with Crippen LogP contribution in [0.25, 0.3) is 27.3 Å². The van der Waals surface area contributed by atoms with Crippen molar-refractivity contribution in [2.75, 3.05) is 12.9 Å². The highest BCUT2D eigenvalue weighted by molar-refractivity contribution is 7.93. The predicted molar refractivity (Wildman–Crippen MR) is 131 cm³/mol. The standard InChI is InChI=1S/C20H16N2O.C5H12.CH3FS/c1-11-12-6-4-7-15-14-5-2-3-8-16(14)22-19(17(12)15)21-18-13(11)9-10-23-20(18)22;1-3-5-4-2;1-3-2/h2-8,11,13H,9-10H2,1H3;3-5H2,1-2H3;1H3. The zero-order valence-corrected chi connectivity index (χ0v) is 19.6. The second kappa shape index (κ2) is 9.47. The number of rotatable bonds is 2. The monoisotopic (exact) mass is 438 g/mol. The van der Waals surface area contributed by atoms with E-state index < -0.39 is 0 Å². The van der Waals surface area contributed by atoms with E-state index in [1.54, 1.807) is 0 Å². The van der Waals surface area contributed by atoms with Gasteiger partial charge in [-0.15, -0.1) is 0 Å². The van der Waals surface area contributed by atoms with Crippen LogP contribution in [0.15, 0.2) is 42.5 Å². The number of aromatic nitrogens is 2. The maximum atomic E-state index is 10.2. The van der Waals surface area contributed by atoms with Gasteiger partial charge in [-0.2, -0.15) is 3.89 Å². The highest BCUT2D eigenvalue weighted by Gasteiger charge is 2.36. The molecule has 164 valence electrons. The number of benzene rings is 2. The Morgan fingerprint density at radius 1 is 1.10 bits per heavy atom. The zero-order chi connectivity index (χ0) is 22.0. The average molecular weight is 439 g/mol. The number of unbranched alkanes of at least 4 members (excludes halogenated alkanes) is 2. The maximum Gasteiger partial charge on any atom is 0.222 e. The Labute approximate surface area is 188 Å². The Kier molecular flexibility index (Phi) is 6.71. The third-order valence-electron chi connectivity index (χ3n) is 6.44. The molecule has 2 aliphatic rings. The first-order valence-electron chi connectivity index (χ1n) is 11.3. The van der Waals surface area contributed by atoms with Gasteiger partial charge < -0.3 is 4.74 Å². The highest BCUT2D eigenvalue weighted by atomic mass is 32.2. The van der Waals surface area contributed by atoms with E-state index in [-0.39, 0.29) is 12.1 Å². The van der Waals surface area contributed by atoms with Crippen molar-refractivity contribution >= 4 is 39.5 Å². The summed E-state index contributed by atoms with van der Waals surface area (Å²) >= 11 is 0.250. The molecule has 0 aliphatic carbocycles. The minimum absolute atomic E-state index is 0.250. The summed E-state index contributed by atoms with van der Waals surface area (Å²) in [5.41, 5.74) is 4.84. The van der Waals surface area contributed by atoms with Crippen molar-refractivity contribution in [3.05, 3.63) is 53.7 Å². The number of pyridine rings is 1. The molecule has 6 rings (SSSR count). The third-order valence-corrected chi connectivity index (χ3v) is 6.44. The van der Waals surface area contributed by atoms with Crippen molar-refractivity contribution < 1.29 is 8.62 Å². The molecule has 2 aromatic heterocycles. The van der Waals surface area contributed by atoms with E-state index >= 15 is 0 Å². The number of nitrogens with zero attached hydrogens (tertiary/aromatic N) is 2. The number of fused-ring (bicyclic) bond motifs is 4. The van der Waals surface area contributed by atoms with E-state index in [0.29, 0.717) is 11.8 Å². The number of imidazole rings is 1. The van der Waals surface area contributed by atoms with Crippen LogP contribution in [-0.2, 0) is 0 Å². The first kappa shape index (κ1) is 21.9. The molecule has 2 unspecified atom stereocenters. The molecule has 0 N–H and O–H groups in total. The molecule has 3 nitrogen and oxygen atoms in total. The molecule has 2 atom stereocenters. The lowest BCUT2D eigenvalue weighted by Gasteiger charge is -2.29. The molecule has 0 saturated carbocycles. The van der Waals surface area contributed by atoms with Gasteiger partial charge in [0.05, 0.1) is 12.1 Å². The summed E-state index contributed by atoms with van der Waals surface area (Å²) in [4.78, 5) is 5.05. The fourth-order valence-electron chi connectivity index (χ4n) is 4.99. The summed E-state index contributed by atoms with van der Waals surface area (Å²) in [5, 5.41) is 3.89. The van der Waals surface area contributed by atoms with Crippen LogP contribution in [0.4, 0.5) is 3.89 Å². The molecule has 0 fully saturated rings. The van der Waals surface area contributed by atoms with Crippen LogP contribution in [0.5, 0.6) is 5.88 Å². The third kappa shape index (κ3) is 3.67. The molecular formula is C26H31FN2OS. The molecule has 4 heterocycles. The molecule has 0 spiro atoms. The van der Waals surface area contributed by atoms with Crippen LogP contribution in [0.2, 0.25) is 0 Å². The van der Waals surface area contributed by atoms with Gasteiger partial charge in [-0.1, -0.05) is 76.4 Å². The van der Waals surface area contributed by atoms with Crippen LogP contribution in [0.1, 0.15) is 69.5 Å². The van der Waals surface area contributed by atoms with Gasteiger partial charge >= 0.3 is 0 Å². The Balaban J connectivity index is 0.000000253. The van der Waals surface area contributed by atoms with E-state index in [1.807, 2.05) is 0 Å². The van der Waals surface area contributed by atoms with Crippen molar-refractivity contribution in [2.45, 2.75) is 58.3 Å². The quantitative estimate of drug-likeness (QED) is 0.296. The van der Waals surface area contributed by atoms with E-state index in [4.69, 9.17) is 9.72 Å². The van der Waals surface area contributed by atoms with Crippen molar-refractivity contribution in [3.63, 3.8) is 0 Å². The fourth-order valence-corrected chi connectivity index (χ4v) is 4.99. The van der Waals surface area contributed by atoms with Crippen LogP contribution in [-0.4, -0.2) is 22.2 Å². The zero-order valence-electron chi connectivity index (χ0n) is 18.8. The molecule has 31 heavy (non-hydrogen) atoms. The van der Waals surface area contributed by atoms with Crippen molar-refractivity contribution in [1.29, 1.82) is 0 Å². The molecule has 0 saturated heterocycles. The molecule has 0 radical (unpaired) electrons. The molecule has 0 amide bonds. The van der Waals surface area contributed by atoms with Gasteiger partial charge in [-0.3, -0.25) is 4.40 Å². The Hall–Kier alpha value is -2.27. The number of ether oxygens (including phenoxy) is 1. The molecule has 4 aromatic rings. The van der Waals surface area contributed by atoms with Gasteiger partial charge in [0.1, 0.15) is 11.3 Å². The first-order valence-corrected chi connectivity index (χ1v) is 12.4. The lowest BCUT2D eigenvalue weighted by atomic mass is 9.81. The van der Waals surface area contributed by atoms with Crippen LogP contribution < -0.4 is 4.74 Å². The van der Waals surface area contributed by atoms with Gasteiger partial charge in [0.2, 0.25) is 5.88 Å². The second-order valence-corrected chi connectivity index (χ2v) is 8.60. The molecule has 2 bridgehead atoms. The Morgan fingerprint density at radius 2 is 1.81 bits per heavy atom. The smallest absolute Gasteiger partial charge is 0.222 e. The van der Waals surface area contributed by atoms with Crippen molar-refractivity contribution in [1.82, 2.24) is 9.38 Å². The van der Waals surface area contributed by atoms with Crippen molar-refractivity contribution in [3.8, 4) is 5.88 Å². The first-order chi connectivity index (χ1) is 15.2. The van der Waals surface area contributed by atoms with E-state index in [9.17, 15) is 3.89 Å². The molecular weight excluding hydrogens is 407 g/mol. The van der Waals surface area contributed by atoms with Gasteiger partial charge in [-0.05, 0) is 29.4 Å². The summed E-state index contributed by atoms with van der Waals surface area (Å²) in [6, 6.07) is 15.3. The number of hydrogen-bond acceptors (Lipinski definition) is 3. The van der Waals surface area contributed by atoms with E-state index in [2.05, 4.69) is 67.6 Å². The van der Waals surface area contributed by atoms with Crippen LogP contribution >= 0.6 is 12.1 Å². The average Bonchev–Trinajstić information content (AvgIpc) is 3.14. The maximum absolute atomic E-state index is 10.2. The van der Waals surface area contributed by atoms with Gasteiger partial charge in [0, 0.05) is 35.1 Å². The van der Waals surface area contributed by atoms with E-state index in [0.717, 1.165) is 30.2 Å². The summed E-state index contributed by atoms with van der Waals surface area (Å²) in [7, 11) is 0. The van der Waals surface area contributed by atoms with Gasteiger partial charge in [0.15, 0.2) is 0 Å². The molecule has 2 aromatic carbocycles. The lowest BCUT2D eigenvalue weighted by Crippen LogP contribution is -2.20. The fraction of sp³-hybridized carbons (Fsp3) is 0.423. The summed E-state index contributed by atoms with van der Waals surface area (Å²) in [6.45, 7) is 7.55. The Morgan fingerprint density at radius 3 is 2.52 bits per heavy atom. The topological polar surface area (TPSA) is 26.5 Å². The largest absolute Gasteiger partial charge is 0.477 e. The molecule has 2 aliphatic heterocycles. The second-order valence-electron chi connectivity index (χ2n) is 8.29. The Bertz CT molecular complexity index is 1200.